The van der Waals surface area contributed by atoms with Crippen molar-refractivity contribution >= 4 is 82.8 Å². The SMILES string of the molecule is CNC(=O)CCCCCNC(=O)CN(CC(=O)NCCCCCC(=O)NC)CC(=O)NCCCCCC(=O)ON1C(=O)CCC1=O.CNC(=O)CCCCCNC(=O)CN(CC(=O)NCCCCCC(=O)O)CC(=O)NCCCCCC(=O)NC. The van der Waals surface area contributed by atoms with Gasteiger partial charge in [-0.25, -0.2) is 4.79 Å². The fraction of sp³-hybridized carbons (Fsp3) is 0.750. The van der Waals surface area contributed by atoms with Crippen LogP contribution in [0.5, 0.6) is 0 Å². The van der Waals surface area contributed by atoms with Crippen molar-refractivity contribution in [3.05, 3.63) is 0 Å². The third kappa shape index (κ3) is 46.7. The zero-order valence-corrected chi connectivity index (χ0v) is 50.8. The number of hydroxylamine groups is 2. The van der Waals surface area contributed by atoms with Crippen LogP contribution >= 0.6 is 0 Å². The summed E-state index contributed by atoms with van der Waals surface area (Å²) in [4.78, 5) is 173. The first-order chi connectivity index (χ1) is 40.7. The number of hydrogen-bond acceptors (Lipinski definition) is 17. The van der Waals surface area contributed by atoms with Gasteiger partial charge in [0.2, 0.25) is 59.1 Å². The maximum absolute atomic E-state index is 12.6. The predicted octanol–water partition coefficient (Wildman–Crippen LogP) is -0.688. The minimum atomic E-state index is -0.848. The van der Waals surface area contributed by atoms with E-state index in [1.807, 2.05) is 0 Å². The van der Waals surface area contributed by atoms with E-state index < -0.39 is 23.8 Å². The van der Waals surface area contributed by atoms with E-state index in [0.717, 1.165) is 38.5 Å². The lowest BCUT2D eigenvalue weighted by molar-refractivity contribution is -0.197. The molecule has 0 aromatic heterocycles. The third-order valence-corrected chi connectivity index (χ3v) is 12.9. The molecule has 0 unspecified atom stereocenters. The maximum Gasteiger partial charge on any atom is 0.333 e. The van der Waals surface area contributed by atoms with E-state index >= 15 is 0 Å². The molecule has 0 atom stereocenters. The summed E-state index contributed by atoms with van der Waals surface area (Å²) in [6, 6.07) is 0. The van der Waals surface area contributed by atoms with Gasteiger partial charge in [-0.3, -0.25) is 72.1 Å². The molecule has 1 heterocycles. The molecule has 484 valence electrons. The Labute approximate surface area is 500 Å². The third-order valence-electron chi connectivity index (χ3n) is 12.9. The molecule has 1 fully saturated rings. The van der Waals surface area contributed by atoms with Crippen molar-refractivity contribution in [3.63, 3.8) is 0 Å². The summed E-state index contributed by atoms with van der Waals surface area (Å²) in [7, 11) is 6.35. The van der Waals surface area contributed by atoms with Crippen LogP contribution < -0.4 is 53.2 Å². The van der Waals surface area contributed by atoms with Crippen LogP contribution in [0.25, 0.3) is 0 Å². The van der Waals surface area contributed by atoms with Crippen molar-refractivity contribution in [1.82, 2.24) is 68.0 Å². The Bertz CT molecular complexity index is 1980. The van der Waals surface area contributed by atoms with Crippen molar-refractivity contribution in [3.8, 4) is 0 Å². The lowest BCUT2D eigenvalue weighted by Crippen LogP contribution is -2.47. The molecule has 29 nitrogen and oxygen atoms in total. The Balaban J connectivity index is 0.00000168. The number of carbonyl (C=O) groups excluding carboxylic acids is 13. The molecule has 0 bridgehead atoms. The van der Waals surface area contributed by atoms with Gasteiger partial charge in [0.15, 0.2) is 0 Å². The summed E-state index contributed by atoms with van der Waals surface area (Å²) in [5, 5.41) is 36.1. The Morgan fingerprint density at radius 2 is 0.565 bits per heavy atom. The number of carboxylic acid groups (broad SMARTS) is 1. The number of rotatable bonds is 49. The molecular weight excluding hydrogens is 1110 g/mol. The van der Waals surface area contributed by atoms with E-state index in [1.54, 1.807) is 28.2 Å². The Hall–Kier alpha value is -7.30. The van der Waals surface area contributed by atoms with Crippen molar-refractivity contribution in [2.45, 2.75) is 167 Å². The zero-order chi connectivity index (χ0) is 63.5. The average molecular weight is 1210 g/mol. The van der Waals surface area contributed by atoms with Crippen molar-refractivity contribution < 1.29 is 77.1 Å². The summed E-state index contributed by atoms with van der Waals surface area (Å²) >= 11 is 0. The van der Waals surface area contributed by atoms with Gasteiger partial charge in [0, 0.05) is 119 Å². The van der Waals surface area contributed by atoms with Crippen LogP contribution in [0.2, 0.25) is 0 Å². The molecule has 0 saturated carbocycles. The quantitative estimate of drug-likeness (QED) is 0.0265. The molecular formula is C56H99N13O16. The highest BCUT2D eigenvalue weighted by atomic mass is 16.7. The molecule has 0 aromatic rings. The highest BCUT2D eigenvalue weighted by molar-refractivity contribution is 6.01. The van der Waals surface area contributed by atoms with Crippen LogP contribution in [0, 0.1) is 0 Å². The van der Waals surface area contributed by atoms with Crippen LogP contribution in [-0.4, -0.2) is 210 Å². The number of imide groups is 1. The zero-order valence-electron chi connectivity index (χ0n) is 50.8. The molecule has 0 spiro atoms. The van der Waals surface area contributed by atoms with Gasteiger partial charge in [-0.2, -0.15) is 0 Å². The smallest absolute Gasteiger partial charge is 0.333 e. The average Bonchev–Trinajstić information content (AvgIpc) is 4.10. The van der Waals surface area contributed by atoms with Crippen molar-refractivity contribution in [1.29, 1.82) is 0 Å². The summed E-state index contributed by atoms with van der Waals surface area (Å²) < 4.78 is 0. The molecule has 29 heteroatoms. The normalized spacial score (nSPS) is 11.6. The van der Waals surface area contributed by atoms with Gasteiger partial charge in [0.1, 0.15) is 0 Å². The van der Waals surface area contributed by atoms with Gasteiger partial charge in [-0.15, -0.1) is 5.06 Å². The number of nitrogens with zero attached hydrogens (tertiary/aromatic N) is 3. The Morgan fingerprint density at radius 3 is 0.788 bits per heavy atom. The van der Waals surface area contributed by atoms with E-state index in [4.69, 9.17) is 9.94 Å². The monoisotopic (exact) mass is 1210 g/mol. The van der Waals surface area contributed by atoms with E-state index in [0.29, 0.717) is 147 Å². The molecule has 0 aromatic carbocycles. The van der Waals surface area contributed by atoms with Gasteiger partial charge < -0.3 is 63.1 Å². The fourth-order valence-electron chi connectivity index (χ4n) is 8.06. The molecule has 1 aliphatic heterocycles. The minimum Gasteiger partial charge on any atom is -0.481 e. The standard InChI is InChI=1S/C30H51N7O9.C26H48N6O7/c1-31-23(38)12-6-3-9-17-33-25(40)20-36(21-26(41)34-18-10-4-7-13-24(39)32-2)22-27(42)35-19-11-5-8-14-30(45)46-37-28(43)15-16-29(37)44;1-27-21(33)12-6-3-9-15-29-23(35)18-32(20-25(37)31-17-11-5-8-14-26(38)39)19-24(36)30-16-10-4-7-13-22(34)28-2/h3-22H2,1-2H3,(H,31,38)(H,32,39)(H,33,40)(H,34,41)(H,35,42);3-20H2,1-2H3,(H,27,33)(H,28,34)(H,29,35)(H,30,36)(H,31,37)(H,38,39). The second-order valence-electron chi connectivity index (χ2n) is 20.4. The van der Waals surface area contributed by atoms with Crippen LogP contribution in [0.3, 0.4) is 0 Å². The number of hydrogen-bond donors (Lipinski definition) is 11. The van der Waals surface area contributed by atoms with Crippen molar-refractivity contribution in [2.24, 2.45) is 0 Å². The molecule has 1 rings (SSSR count). The second kappa shape index (κ2) is 51.1. The number of amides is 12. The van der Waals surface area contributed by atoms with Crippen LogP contribution in [0.1, 0.15) is 167 Å². The van der Waals surface area contributed by atoms with Crippen LogP contribution in [0.15, 0.2) is 0 Å². The number of carbonyl (C=O) groups is 14. The number of aliphatic carboxylic acids is 1. The highest BCUT2D eigenvalue weighted by Crippen LogP contribution is 2.14. The fourth-order valence-corrected chi connectivity index (χ4v) is 8.06. The molecule has 11 N–H and O–H groups in total. The summed E-state index contributed by atoms with van der Waals surface area (Å²) in [6.07, 6.45) is 14.1. The first-order valence-corrected chi connectivity index (χ1v) is 29.9. The summed E-state index contributed by atoms with van der Waals surface area (Å²) in [6.45, 7) is 1.53. The van der Waals surface area contributed by atoms with Gasteiger partial charge in [0.05, 0.1) is 39.3 Å². The lowest BCUT2D eigenvalue weighted by atomic mass is 10.2. The van der Waals surface area contributed by atoms with E-state index in [-0.39, 0.29) is 124 Å². The highest BCUT2D eigenvalue weighted by Gasteiger charge is 2.32. The van der Waals surface area contributed by atoms with E-state index in [1.165, 1.54) is 9.80 Å². The summed E-state index contributed by atoms with van der Waals surface area (Å²) in [5.74, 6) is -4.64. The molecule has 1 aliphatic rings. The van der Waals surface area contributed by atoms with Gasteiger partial charge in [0.25, 0.3) is 11.8 Å². The first-order valence-electron chi connectivity index (χ1n) is 29.9. The number of nitrogens with one attached hydrogen (secondary N) is 10. The van der Waals surface area contributed by atoms with Gasteiger partial charge in [-0.1, -0.05) is 38.5 Å². The largest absolute Gasteiger partial charge is 0.481 e. The minimum absolute atomic E-state index is 0.0182. The van der Waals surface area contributed by atoms with E-state index in [2.05, 4.69) is 53.2 Å². The van der Waals surface area contributed by atoms with Gasteiger partial charge >= 0.3 is 11.9 Å². The van der Waals surface area contributed by atoms with Gasteiger partial charge in [-0.05, 0) is 77.0 Å². The number of carboxylic acids is 1. The molecule has 0 aliphatic carbocycles. The van der Waals surface area contributed by atoms with Crippen LogP contribution in [-0.2, 0) is 72.0 Å². The Kier molecular flexibility index (Phi) is 46.8. The van der Waals surface area contributed by atoms with Crippen molar-refractivity contribution in [2.75, 3.05) is 107 Å². The van der Waals surface area contributed by atoms with Crippen LogP contribution in [0.4, 0.5) is 0 Å². The first kappa shape index (κ1) is 77.7. The molecule has 12 amide bonds. The maximum atomic E-state index is 12.6. The van der Waals surface area contributed by atoms with E-state index in [9.17, 15) is 67.1 Å². The predicted molar refractivity (Wildman–Crippen MR) is 313 cm³/mol. The number of unbranched alkanes of at least 4 members (excludes halogenated alkanes) is 12. The summed E-state index contributed by atoms with van der Waals surface area (Å²) in [5.41, 5.74) is 0. The molecule has 85 heavy (non-hydrogen) atoms. The molecule has 0 radical (unpaired) electrons. The molecule has 1 saturated heterocycles. The second-order valence-corrected chi connectivity index (χ2v) is 20.4. The lowest BCUT2D eigenvalue weighted by Gasteiger charge is -2.21. The topological polar surface area (TPSA) is 398 Å². The Morgan fingerprint density at radius 1 is 0.341 bits per heavy atom.